The van der Waals surface area contributed by atoms with Crippen LogP contribution < -0.4 is 5.56 Å². The van der Waals surface area contributed by atoms with Crippen molar-refractivity contribution in [1.82, 2.24) is 9.66 Å². The van der Waals surface area contributed by atoms with Crippen LogP contribution in [0.2, 0.25) is 5.02 Å². The molecule has 0 N–H and O–H groups in total. The molecule has 0 saturated heterocycles. The smallest absolute Gasteiger partial charge is 0.267 e. The predicted octanol–water partition coefficient (Wildman–Crippen LogP) is 4.98. The molecule has 1 aliphatic rings. The lowest BCUT2D eigenvalue weighted by molar-refractivity contribution is 0.416. The summed E-state index contributed by atoms with van der Waals surface area (Å²) in [5.41, 5.74) is 1.48. The third-order valence-corrected chi connectivity index (χ3v) is 5.16. The van der Waals surface area contributed by atoms with Crippen LogP contribution in [0.1, 0.15) is 49.4 Å². The Morgan fingerprint density at radius 2 is 1.88 bits per heavy atom. The molecule has 26 heavy (non-hydrogen) atoms. The second-order valence-electron chi connectivity index (χ2n) is 6.74. The summed E-state index contributed by atoms with van der Waals surface area (Å²) in [6.07, 6.45) is 7.38. The van der Waals surface area contributed by atoms with Crippen molar-refractivity contribution in [1.29, 1.82) is 0 Å². The largest absolute Gasteiger partial charge is 0.282 e. The fraction of sp³-hybridized carbons (Fsp3) is 0.286. The molecule has 5 heteroatoms. The summed E-state index contributed by atoms with van der Waals surface area (Å²) in [7, 11) is 0. The van der Waals surface area contributed by atoms with Gasteiger partial charge >= 0.3 is 0 Å². The van der Waals surface area contributed by atoms with Gasteiger partial charge in [-0.05, 0) is 42.7 Å². The lowest BCUT2D eigenvalue weighted by Crippen LogP contribution is -2.25. The van der Waals surface area contributed by atoms with Gasteiger partial charge in [0.25, 0.3) is 5.56 Å². The minimum Gasteiger partial charge on any atom is -0.267 e. The molecular formula is C21H20ClN3O. The van der Waals surface area contributed by atoms with Crippen LogP contribution in [0.15, 0.2) is 58.4 Å². The van der Waals surface area contributed by atoms with Gasteiger partial charge in [0.2, 0.25) is 0 Å². The van der Waals surface area contributed by atoms with Crippen LogP contribution in [0.3, 0.4) is 0 Å². The molecule has 2 aromatic carbocycles. The van der Waals surface area contributed by atoms with Gasteiger partial charge in [0.15, 0.2) is 0 Å². The third-order valence-electron chi connectivity index (χ3n) is 4.92. The van der Waals surface area contributed by atoms with Crippen LogP contribution in [-0.2, 0) is 0 Å². The molecule has 1 aromatic heterocycles. The number of fused-ring (bicyclic) bond motifs is 1. The Kier molecular flexibility index (Phi) is 4.85. The molecule has 3 aromatic rings. The molecule has 0 aliphatic heterocycles. The van der Waals surface area contributed by atoms with Crippen molar-refractivity contribution in [3.8, 4) is 0 Å². The molecule has 0 unspecified atom stereocenters. The molecule has 1 aliphatic carbocycles. The van der Waals surface area contributed by atoms with E-state index in [1.165, 1.54) is 23.9 Å². The van der Waals surface area contributed by atoms with Crippen molar-refractivity contribution in [2.75, 3.05) is 0 Å². The molecule has 0 spiro atoms. The molecule has 4 nitrogen and oxygen atoms in total. The average Bonchev–Trinajstić information content (AvgIpc) is 2.68. The number of rotatable bonds is 3. The Balaban J connectivity index is 1.85. The van der Waals surface area contributed by atoms with Crippen molar-refractivity contribution < 1.29 is 0 Å². The number of hydrogen-bond acceptors (Lipinski definition) is 3. The number of halogens is 1. The van der Waals surface area contributed by atoms with Gasteiger partial charge in [-0.15, -0.1) is 0 Å². The number of benzene rings is 2. The maximum Gasteiger partial charge on any atom is 0.282 e. The first kappa shape index (κ1) is 17.0. The highest BCUT2D eigenvalue weighted by Gasteiger charge is 2.22. The third kappa shape index (κ3) is 3.42. The van der Waals surface area contributed by atoms with Gasteiger partial charge in [0, 0.05) is 10.9 Å². The van der Waals surface area contributed by atoms with E-state index in [4.69, 9.17) is 16.6 Å². The fourth-order valence-corrected chi connectivity index (χ4v) is 3.79. The molecule has 0 amide bonds. The van der Waals surface area contributed by atoms with Crippen LogP contribution in [-0.4, -0.2) is 15.9 Å². The molecule has 1 saturated carbocycles. The fourth-order valence-electron chi connectivity index (χ4n) is 3.59. The normalized spacial score (nSPS) is 15.7. The second-order valence-corrected chi connectivity index (χ2v) is 7.18. The van der Waals surface area contributed by atoms with Crippen LogP contribution in [0.25, 0.3) is 10.9 Å². The Hall–Kier alpha value is -2.46. The number of aromatic nitrogens is 2. The minimum absolute atomic E-state index is 0.116. The minimum atomic E-state index is -0.116. The molecule has 132 valence electrons. The van der Waals surface area contributed by atoms with Crippen molar-refractivity contribution in [2.45, 2.75) is 38.0 Å². The van der Waals surface area contributed by atoms with E-state index in [-0.39, 0.29) is 11.5 Å². The van der Waals surface area contributed by atoms with Crippen molar-refractivity contribution >= 4 is 28.7 Å². The zero-order valence-corrected chi connectivity index (χ0v) is 15.2. The SMILES string of the molecule is O=c1c2ccccc2nc(C2CCCCC2)n1N=Cc1cccc(Cl)c1. The molecule has 4 rings (SSSR count). The average molecular weight is 366 g/mol. The molecule has 1 fully saturated rings. The van der Waals surface area contributed by atoms with Crippen LogP contribution >= 0.6 is 11.6 Å². The summed E-state index contributed by atoms with van der Waals surface area (Å²) in [6, 6.07) is 14.9. The van der Waals surface area contributed by atoms with E-state index >= 15 is 0 Å². The van der Waals surface area contributed by atoms with Crippen molar-refractivity contribution in [3.05, 3.63) is 75.3 Å². The number of nitrogens with zero attached hydrogens (tertiary/aromatic N) is 3. The van der Waals surface area contributed by atoms with E-state index in [2.05, 4.69) is 5.10 Å². The summed E-state index contributed by atoms with van der Waals surface area (Å²) >= 11 is 6.05. The van der Waals surface area contributed by atoms with E-state index in [1.54, 1.807) is 12.3 Å². The summed E-state index contributed by atoms with van der Waals surface area (Å²) < 4.78 is 1.49. The van der Waals surface area contributed by atoms with Crippen LogP contribution in [0.5, 0.6) is 0 Å². The van der Waals surface area contributed by atoms with Gasteiger partial charge in [0.05, 0.1) is 17.1 Å². The Bertz CT molecular complexity index is 1020. The molecular weight excluding hydrogens is 346 g/mol. The van der Waals surface area contributed by atoms with E-state index in [1.807, 2.05) is 42.5 Å². The number of hydrogen-bond donors (Lipinski definition) is 0. The van der Waals surface area contributed by atoms with Gasteiger partial charge < -0.3 is 0 Å². The zero-order chi connectivity index (χ0) is 17.9. The standard InChI is InChI=1S/C21H20ClN3O/c22-17-10-6-7-15(13-17)14-23-25-20(16-8-2-1-3-9-16)24-19-12-5-4-11-18(19)21(25)26/h4-7,10-14,16H,1-3,8-9H2. The second kappa shape index (κ2) is 7.42. The van der Waals surface area contributed by atoms with E-state index < -0.39 is 0 Å². The molecule has 0 radical (unpaired) electrons. The topological polar surface area (TPSA) is 47.2 Å². The monoisotopic (exact) mass is 365 g/mol. The molecule has 0 bridgehead atoms. The lowest BCUT2D eigenvalue weighted by Gasteiger charge is -2.22. The van der Waals surface area contributed by atoms with E-state index in [0.717, 1.165) is 29.7 Å². The van der Waals surface area contributed by atoms with Gasteiger partial charge in [-0.2, -0.15) is 9.78 Å². The molecule has 0 atom stereocenters. The lowest BCUT2D eigenvalue weighted by atomic mass is 9.88. The summed E-state index contributed by atoms with van der Waals surface area (Å²) in [5.74, 6) is 1.05. The highest BCUT2D eigenvalue weighted by molar-refractivity contribution is 6.30. The van der Waals surface area contributed by atoms with Crippen LogP contribution in [0.4, 0.5) is 0 Å². The highest BCUT2D eigenvalue weighted by atomic mass is 35.5. The highest BCUT2D eigenvalue weighted by Crippen LogP contribution is 2.31. The Morgan fingerprint density at radius 3 is 2.69 bits per heavy atom. The van der Waals surface area contributed by atoms with E-state index in [0.29, 0.717) is 10.4 Å². The quantitative estimate of drug-likeness (QED) is 0.614. The maximum absolute atomic E-state index is 13.1. The van der Waals surface area contributed by atoms with Gasteiger partial charge in [-0.3, -0.25) is 4.79 Å². The summed E-state index contributed by atoms with van der Waals surface area (Å²) in [5, 5.41) is 5.74. The molecule has 1 heterocycles. The van der Waals surface area contributed by atoms with Crippen molar-refractivity contribution in [2.24, 2.45) is 5.10 Å². The zero-order valence-electron chi connectivity index (χ0n) is 14.4. The summed E-state index contributed by atoms with van der Waals surface area (Å²) in [4.78, 5) is 17.9. The van der Waals surface area contributed by atoms with Crippen molar-refractivity contribution in [3.63, 3.8) is 0 Å². The van der Waals surface area contributed by atoms with Crippen LogP contribution in [0, 0.1) is 0 Å². The van der Waals surface area contributed by atoms with Gasteiger partial charge in [-0.1, -0.05) is 55.1 Å². The maximum atomic E-state index is 13.1. The summed E-state index contributed by atoms with van der Waals surface area (Å²) in [6.45, 7) is 0. The first-order valence-electron chi connectivity index (χ1n) is 9.04. The van der Waals surface area contributed by atoms with Gasteiger partial charge in [0.1, 0.15) is 5.82 Å². The number of para-hydroxylation sites is 1. The Labute approximate surface area is 157 Å². The predicted molar refractivity (Wildman–Crippen MR) is 106 cm³/mol. The first-order valence-corrected chi connectivity index (χ1v) is 9.42. The Morgan fingerprint density at radius 1 is 1.08 bits per heavy atom. The first-order chi connectivity index (χ1) is 12.7. The van der Waals surface area contributed by atoms with Gasteiger partial charge in [-0.25, -0.2) is 4.98 Å². The van der Waals surface area contributed by atoms with E-state index in [9.17, 15) is 4.79 Å².